The molecule has 0 radical (unpaired) electrons. The van der Waals surface area contributed by atoms with Gasteiger partial charge in [0.2, 0.25) is 0 Å². The molecular formula is C54H69ClN8O7S2. The van der Waals surface area contributed by atoms with Crippen molar-refractivity contribution in [2.75, 3.05) is 101 Å². The Labute approximate surface area is 434 Å². The number of nitro groups is 1. The highest BCUT2D eigenvalue weighted by molar-refractivity contribution is 7.99. The number of anilines is 2. The van der Waals surface area contributed by atoms with Gasteiger partial charge in [0.05, 0.1) is 9.82 Å². The van der Waals surface area contributed by atoms with Crippen LogP contribution in [0.5, 0.6) is 0 Å². The fourth-order valence-corrected chi connectivity index (χ4v) is 12.2. The molecular weight excluding hydrogens is 972 g/mol. The lowest BCUT2D eigenvalue weighted by Gasteiger charge is -2.44. The number of hydrogen-bond acceptors (Lipinski definition) is 13. The molecule has 2 atom stereocenters. The van der Waals surface area contributed by atoms with Gasteiger partial charge in [-0.15, -0.1) is 11.8 Å². The third-order valence-corrected chi connectivity index (χ3v) is 16.9. The first-order valence-electron chi connectivity index (χ1n) is 25.2. The smallest absolute Gasteiger partial charge is 0.410 e. The summed E-state index contributed by atoms with van der Waals surface area (Å²) in [6, 6.07) is 28.6. The number of benzene rings is 4. The lowest BCUT2D eigenvalue weighted by atomic mass is 9.71. The van der Waals surface area contributed by atoms with E-state index < -0.39 is 26.5 Å². The third-order valence-electron chi connectivity index (χ3n) is 14.1. The van der Waals surface area contributed by atoms with Crippen molar-refractivity contribution in [2.24, 2.45) is 5.41 Å². The van der Waals surface area contributed by atoms with Crippen LogP contribution in [0.3, 0.4) is 0 Å². The minimum Gasteiger partial charge on any atom is -0.444 e. The van der Waals surface area contributed by atoms with E-state index in [4.69, 9.17) is 16.3 Å². The van der Waals surface area contributed by atoms with Crippen molar-refractivity contribution in [1.82, 2.24) is 24.3 Å². The molecule has 386 valence electrons. The van der Waals surface area contributed by atoms with Crippen LogP contribution in [0, 0.1) is 15.5 Å². The van der Waals surface area contributed by atoms with Gasteiger partial charge in [-0.3, -0.25) is 24.7 Å². The Hall–Kier alpha value is -5.17. The summed E-state index contributed by atoms with van der Waals surface area (Å²) >= 11 is 7.98. The first-order chi connectivity index (χ1) is 34.4. The molecule has 18 heteroatoms. The Kier molecular flexibility index (Phi) is 17.2. The van der Waals surface area contributed by atoms with Gasteiger partial charge in [0.1, 0.15) is 11.3 Å². The van der Waals surface area contributed by atoms with Crippen LogP contribution in [-0.4, -0.2) is 147 Å². The van der Waals surface area contributed by atoms with Crippen molar-refractivity contribution in [3.63, 3.8) is 0 Å². The van der Waals surface area contributed by atoms with Crippen molar-refractivity contribution in [1.29, 1.82) is 0 Å². The summed E-state index contributed by atoms with van der Waals surface area (Å²) in [7, 11) is -4.46. The molecule has 0 spiro atoms. The van der Waals surface area contributed by atoms with Crippen LogP contribution < -0.4 is 14.9 Å². The van der Waals surface area contributed by atoms with Gasteiger partial charge in [0.25, 0.3) is 21.6 Å². The van der Waals surface area contributed by atoms with Crippen LogP contribution in [0.15, 0.2) is 112 Å². The average Bonchev–Trinajstić information content (AvgIpc) is 3.33. The molecule has 4 aromatic carbocycles. The van der Waals surface area contributed by atoms with E-state index >= 15 is 0 Å². The van der Waals surface area contributed by atoms with Gasteiger partial charge in [0, 0.05) is 111 Å². The number of amides is 2. The number of allylic oxidation sites excluding steroid dienone is 1. The number of likely N-dealkylation sites (tertiary alicyclic amines) is 1. The summed E-state index contributed by atoms with van der Waals surface area (Å²) < 4.78 is 34.9. The number of piperazine rings is 2. The molecule has 4 aliphatic rings. The molecule has 0 aromatic heterocycles. The monoisotopic (exact) mass is 1040 g/mol. The number of halogens is 1. The van der Waals surface area contributed by atoms with Crippen LogP contribution in [0.1, 0.15) is 75.7 Å². The second-order valence-corrected chi connectivity index (χ2v) is 24.2. The summed E-state index contributed by atoms with van der Waals surface area (Å²) in [6.07, 6.45) is 4.70. The Morgan fingerprint density at radius 3 is 2.18 bits per heavy atom. The summed E-state index contributed by atoms with van der Waals surface area (Å²) in [6.45, 7) is 19.0. The fraction of sp³-hybridized carbons (Fsp3) is 0.481. The maximum absolute atomic E-state index is 13.6. The second-order valence-electron chi connectivity index (χ2n) is 20.9. The number of carbonyl (C=O) groups is 2. The van der Waals surface area contributed by atoms with Crippen LogP contribution in [0.2, 0.25) is 5.02 Å². The molecule has 2 N–H and O–H groups in total. The second kappa shape index (κ2) is 23.4. The summed E-state index contributed by atoms with van der Waals surface area (Å²) in [5.41, 5.74) is 4.55. The van der Waals surface area contributed by atoms with Crippen LogP contribution in [0.25, 0.3) is 5.57 Å². The van der Waals surface area contributed by atoms with Crippen molar-refractivity contribution >= 4 is 68.0 Å². The molecule has 1 aliphatic carbocycles. The molecule has 3 saturated heterocycles. The SMILES string of the molecule is CC1(CN2CCN(C(=O)OC(C)(C)C)CC2)CCC(c2ccc(Cl)cc2)=C(CN2CCN(c3ccc(C(=O)NS(=O)(=O)c4ccc(NC(CCN5CCC5)CSc5ccccc5)c([N+](=O)[O-])c4)cc3)CC2)C1. The maximum atomic E-state index is 13.6. The Morgan fingerprint density at radius 2 is 1.54 bits per heavy atom. The van der Waals surface area contributed by atoms with Gasteiger partial charge in [-0.2, -0.15) is 0 Å². The van der Waals surface area contributed by atoms with Crippen molar-refractivity contribution in [3.8, 4) is 0 Å². The number of sulfonamides is 1. The van der Waals surface area contributed by atoms with Crippen LogP contribution in [0.4, 0.5) is 21.9 Å². The highest BCUT2D eigenvalue weighted by Crippen LogP contribution is 2.44. The van der Waals surface area contributed by atoms with Crippen LogP contribution >= 0.6 is 23.4 Å². The third kappa shape index (κ3) is 14.3. The number of nitrogens with zero attached hydrogens (tertiary/aromatic N) is 6. The summed E-state index contributed by atoms with van der Waals surface area (Å²) in [4.78, 5) is 50.1. The van der Waals surface area contributed by atoms with Gasteiger partial charge in [0.15, 0.2) is 0 Å². The predicted octanol–water partition coefficient (Wildman–Crippen LogP) is 9.35. The Balaban J connectivity index is 0.862. The number of rotatable bonds is 18. The molecule has 15 nitrogen and oxygen atoms in total. The average molecular weight is 1040 g/mol. The van der Waals surface area contributed by atoms with E-state index in [1.165, 1.54) is 28.8 Å². The summed E-state index contributed by atoms with van der Waals surface area (Å²) in [5, 5.41) is 16.4. The highest BCUT2D eigenvalue weighted by atomic mass is 35.5. The molecule has 4 aromatic rings. The quantitative estimate of drug-likeness (QED) is 0.0552. The van der Waals surface area contributed by atoms with E-state index in [0.717, 1.165) is 126 Å². The molecule has 2 amide bonds. The fourth-order valence-electron chi connectivity index (χ4n) is 10.1. The van der Waals surface area contributed by atoms with Crippen LogP contribution in [-0.2, 0) is 14.8 Å². The molecule has 8 rings (SSSR count). The molecule has 0 bridgehead atoms. The van der Waals surface area contributed by atoms with Gasteiger partial charge in [-0.05, 0) is 143 Å². The zero-order valence-electron chi connectivity index (χ0n) is 42.0. The Morgan fingerprint density at radius 1 is 0.861 bits per heavy atom. The van der Waals surface area contributed by atoms with E-state index in [-0.39, 0.29) is 39.4 Å². The lowest BCUT2D eigenvalue weighted by Crippen LogP contribution is -2.52. The number of nitrogens with one attached hydrogen (secondary N) is 2. The van der Waals surface area contributed by atoms with Gasteiger partial charge in [-0.25, -0.2) is 17.9 Å². The number of nitro benzene ring substituents is 1. The first kappa shape index (κ1) is 53.1. The molecule has 3 heterocycles. The zero-order valence-corrected chi connectivity index (χ0v) is 44.4. The largest absolute Gasteiger partial charge is 0.444 e. The number of thioether (sulfide) groups is 1. The van der Waals surface area contributed by atoms with Gasteiger partial charge in [-0.1, -0.05) is 54.4 Å². The number of hydrogen-bond donors (Lipinski definition) is 2. The normalized spacial score (nSPS) is 19.9. The van der Waals surface area contributed by atoms with E-state index in [1.807, 2.05) is 80.3 Å². The standard InChI is InChI=1S/C54H69ClN8O7S2/c1-53(2,3)70-52(65)62-33-29-60(30-34-62)39-54(4)23-21-48(40-11-15-43(55)16-12-40)42(36-54)37-59-27-31-61(32-28-59)45-17-13-41(14-18-45)51(64)57-72(68,69)47-19-20-49(50(35-47)63(66)67)56-44(22-26-58-24-8-25-58)38-71-46-9-6-5-7-10-46/h5-7,9-20,35,44,56H,8,21-34,36-39H2,1-4H3,(H,57,64). The van der Waals surface area contributed by atoms with Crippen molar-refractivity contribution in [2.45, 2.75) is 81.2 Å². The molecule has 0 saturated carbocycles. The molecule has 2 unspecified atom stereocenters. The first-order valence-corrected chi connectivity index (χ1v) is 28.0. The summed E-state index contributed by atoms with van der Waals surface area (Å²) in [5.74, 6) is -0.167. The van der Waals surface area contributed by atoms with Gasteiger partial charge >= 0.3 is 6.09 Å². The topological polar surface area (TPSA) is 161 Å². The van der Waals surface area contributed by atoms with E-state index in [0.29, 0.717) is 18.8 Å². The minimum absolute atomic E-state index is 0.0770. The maximum Gasteiger partial charge on any atom is 0.410 e. The predicted molar refractivity (Wildman–Crippen MR) is 288 cm³/mol. The molecule has 3 fully saturated rings. The van der Waals surface area contributed by atoms with Crippen molar-refractivity contribution < 1.29 is 27.7 Å². The Bertz CT molecular complexity index is 2670. The molecule has 3 aliphatic heterocycles. The molecule has 72 heavy (non-hydrogen) atoms. The zero-order chi connectivity index (χ0) is 51.0. The van der Waals surface area contributed by atoms with E-state index in [2.05, 4.69) is 48.7 Å². The van der Waals surface area contributed by atoms with E-state index in [1.54, 1.807) is 23.9 Å². The van der Waals surface area contributed by atoms with Gasteiger partial charge < -0.3 is 24.8 Å². The van der Waals surface area contributed by atoms with E-state index in [9.17, 15) is 28.1 Å². The van der Waals surface area contributed by atoms with Crippen molar-refractivity contribution in [3.05, 3.63) is 129 Å². The highest BCUT2D eigenvalue weighted by Gasteiger charge is 2.36. The lowest BCUT2D eigenvalue weighted by molar-refractivity contribution is -0.384. The minimum atomic E-state index is -4.46. The number of carbonyl (C=O) groups excluding carboxylic acids is 2. The number of ether oxygens (including phenoxy) is 1.